The molecule has 0 bridgehead atoms. The lowest BCUT2D eigenvalue weighted by Gasteiger charge is -2.05. The number of amides is 1. The molecule has 2 aromatic carbocycles. The highest BCUT2D eigenvalue weighted by Gasteiger charge is 2.20. The molecule has 2 aromatic heterocycles. The van der Waals surface area contributed by atoms with Crippen LogP contribution in [0.4, 0.5) is 5.13 Å². The van der Waals surface area contributed by atoms with Crippen LogP contribution >= 0.6 is 11.3 Å². The highest BCUT2D eigenvalue weighted by molar-refractivity contribution is 7.15. The molecule has 0 aliphatic rings. The van der Waals surface area contributed by atoms with E-state index in [0.29, 0.717) is 16.4 Å². The number of benzene rings is 2. The fraction of sp³-hybridized carbons (Fsp3) is 0.0952. The molecule has 0 saturated carbocycles. The van der Waals surface area contributed by atoms with Gasteiger partial charge in [-0.25, -0.2) is 9.67 Å². The van der Waals surface area contributed by atoms with Crippen LogP contribution in [0, 0.1) is 13.8 Å². The Labute approximate surface area is 161 Å². The third-order valence-electron chi connectivity index (χ3n) is 4.22. The summed E-state index contributed by atoms with van der Waals surface area (Å²) in [6.07, 6.45) is 3.52. The summed E-state index contributed by atoms with van der Waals surface area (Å²) in [5.41, 5.74) is 4.07. The van der Waals surface area contributed by atoms with Crippen LogP contribution in [0.3, 0.4) is 0 Å². The van der Waals surface area contributed by atoms with Crippen molar-refractivity contribution in [2.75, 3.05) is 5.32 Å². The average Bonchev–Trinajstić information content (AvgIpc) is 3.29. The Hall–Kier alpha value is -3.25. The van der Waals surface area contributed by atoms with Crippen LogP contribution in [0.1, 0.15) is 20.8 Å². The molecule has 0 saturated heterocycles. The number of thiazole rings is 1. The van der Waals surface area contributed by atoms with E-state index in [4.69, 9.17) is 5.10 Å². The van der Waals surface area contributed by atoms with Gasteiger partial charge < -0.3 is 0 Å². The summed E-state index contributed by atoms with van der Waals surface area (Å²) >= 11 is 1.45. The molecular weight excluding hydrogens is 356 g/mol. The van der Waals surface area contributed by atoms with Gasteiger partial charge in [-0.05, 0) is 31.5 Å². The number of hydrogen-bond donors (Lipinski definition) is 1. The maximum atomic E-state index is 13.0. The third kappa shape index (κ3) is 3.52. The number of para-hydroxylation sites is 1. The summed E-state index contributed by atoms with van der Waals surface area (Å²) in [6.45, 7) is 3.97. The minimum Gasteiger partial charge on any atom is -0.298 e. The van der Waals surface area contributed by atoms with Crippen LogP contribution < -0.4 is 5.32 Å². The summed E-state index contributed by atoms with van der Waals surface area (Å²) in [5.74, 6) is -0.218. The van der Waals surface area contributed by atoms with Gasteiger partial charge in [-0.15, -0.1) is 11.3 Å². The van der Waals surface area contributed by atoms with Gasteiger partial charge in [-0.1, -0.05) is 42.5 Å². The maximum absolute atomic E-state index is 13.0. The van der Waals surface area contributed by atoms with Crippen LogP contribution in [-0.2, 0) is 0 Å². The van der Waals surface area contributed by atoms with Crippen molar-refractivity contribution in [1.29, 1.82) is 0 Å². The molecule has 0 aliphatic heterocycles. The molecular formula is C21H18N4OS. The van der Waals surface area contributed by atoms with Gasteiger partial charge in [0.1, 0.15) is 5.69 Å². The molecule has 0 spiro atoms. The van der Waals surface area contributed by atoms with E-state index in [0.717, 1.165) is 21.7 Å². The largest absolute Gasteiger partial charge is 0.298 e. The van der Waals surface area contributed by atoms with Crippen molar-refractivity contribution in [2.45, 2.75) is 13.8 Å². The second-order valence-corrected chi connectivity index (χ2v) is 7.45. The monoisotopic (exact) mass is 374 g/mol. The predicted molar refractivity (Wildman–Crippen MR) is 109 cm³/mol. The number of rotatable bonds is 4. The number of nitrogens with one attached hydrogen (secondary N) is 1. The van der Waals surface area contributed by atoms with Crippen LogP contribution in [0.5, 0.6) is 0 Å². The molecule has 6 heteroatoms. The van der Waals surface area contributed by atoms with Gasteiger partial charge in [0, 0.05) is 22.8 Å². The zero-order valence-corrected chi connectivity index (χ0v) is 15.8. The highest BCUT2D eigenvalue weighted by atomic mass is 32.1. The summed E-state index contributed by atoms with van der Waals surface area (Å²) in [6, 6.07) is 17.7. The van der Waals surface area contributed by atoms with Gasteiger partial charge in [0.2, 0.25) is 0 Å². The van der Waals surface area contributed by atoms with Crippen molar-refractivity contribution in [3.8, 4) is 16.9 Å². The Morgan fingerprint density at radius 1 is 1.04 bits per heavy atom. The number of anilines is 1. The quantitative estimate of drug-likeness (QED) is 0.555. The predicted octanol–water partition coefficient (Wildman–Crippen LogP) is 4.86. The van der Waals surface area contributed by atoms with E-state index in [2.05, 4.69) is 10.3 Å². The van der Waals surface area contributed by atoms with E-state index in [1.54, 1.807) is 17.1 Å². The van der Waals surface area contributed by atoms with Crippen molar-refractivity contribution in [2.24, 2.45) is 0 Å². The Bertz CT molecular complexity index is 1100. The molecule has 5 nitrogen and oxygen atoms in total. The molecule has 0 radical (unpaired) electrons. The van der Waals surface area contributed by atoms with E-state index >= 15 is 0 Å². The fourth-order valence-corrected chi connectivity index (χ4v) is 3.53. The van der Waals surface area contributed by atoms with Gasteiger partial charge in [0.25, 0.3) is 5.91 Å². The number of aryl methyl sites for hydroxylation is 2. The molecule has 2 heterocycles. The molecule has 4 rings (SSSR count). The number of hydrogen-bond acceptors (Lipinski definition) is 4. The van der Waals surface area contributed by atoms with Crippen molar-refractivity contribution < 1.29 is 4.79 Å². The molecule has 0 unspecified atom stereocenters. The lowest BCUT2D eigenvalue weighted by Crippen LogP contribution is -2.12. The van der Waals surface area contributed by atoms with Gasteiger partial charge in [-0.3, -0.25) is 10.1 Å². The molecule has 1 N–H and O–H groups in total. The Kier molecular flexibility index (Phi) is 4.56. The Morgan fingerprint density at radius 2 is 1.78 bits per heavy atom. The lowest BCUT2D eigenvalue weighted by atomic mass is 10.0. The van der Waals surface area contributed by atoms with Crippen molar-refractivity contribution in [3.63, 3.8) is 0 Å². The summed E-state index contributed by atoms with van der Waals surface area (Å²) in [7, 11) is 0. The normalized spacial score (nSPS) is 10.7. The number of carbonyl (C=O) groups excluding carboxylic acids is 1. The van der Waals surface area contributed by atoms with E-state index < -0.39 is 0 Å². The highest BCUT2D eigenvalue weighted by Crippen LogP contribution is 2.28. The Morgan fingerprint density at radius 3 is 2.48 bits per heavy atom. The van der Waals surface area contributed by atoms with E-state index in [1.165, 1.54) is 11.3 Å². The Balaban J connectivity index is 1.80. The zero-order valence-electron chi connectivity index (χ0n) is 15.0. The lowest BCUT2D eigenvalue weighted by molar-refractivity contribution is 0.102. The molecule has 134 valence electrons. The van der Waals surface area contributed by atoms with Gasteiger partial charge in [0.05, 0.1) is 11.3 Å². The SMILES string of the molecule is Cc1cnc(NC(=O)c2cn(-c3ccccc3)nc2-c2ccccc2C)s1. The number of carbonyl (C=O) groups is 1. The molecule has 4 aromatic rings. The van der Waals surface area contributed by atoms with Crippen LogP contribution in [-0.4, -0.2) is 20.7 Å². The number of nitrogens with zero attached hydrogens (tertiary/aromatic N) is 3. The van der Waals surface area contributed by atoms with E-state index in [-0.39, 0.29) is 5.91 Å². The summed E-state index contributed by atoms with van der Waals surface area (Å²) in [4.78, 5) is 18.2. The van der Waals surface area contributed by atoms with Crippen LogP contribution in [0.15, 0.2) is 67.0 Å². The minimum atomic E-state index is -0.218. The molecule has 0 fully saturated rings. The molecule has 0 aliphatic carbocycles. The topological polar surface area (TPSA) is 59.8 Å². The standard InChI is InChI=1S/C21H18N4OS/c1-14-8-6-7-11-17(14)19-18(20(26)23-21-22-12-15(2)27-21)13-25(24-19)16-9-4-3-5-10-16/h3-13H,1-2H3,(H,22,23,26). The third-order valence-corrected chi connectivity index (χ3v) is 5.05. The van der Waals surface area contributed by atoms with Crippen LogP contribution in [0.25, 0.3) is 16.9 Å². The summed E-state index contributed by atoms with van der Waals surface area (Å²) in [5, 5.41) is 8.19. The summed E-state index contributed by atoms with van der Waals surface area (Å²) < 4.78 is 1.74. The van der Waals surface area contributed by atoms with Crippen LogP contribution in [0.2, 0.25) is 0 Å². The zero-order chi connectivity index (χ0) is 18.8. The van der Waals surface area contributed by atoms with Gasteiger partial charge >= 0.3 is 0 Å². The van der Waals surface area contributed by atoms with Crippen molar-refractivity contribution >= 4 is 22.4 Å². The number of aromatic nitrogens is 3. The first-order valence-corrected chi connectivity index (χ1v) is 9.38. The fourth-order valence-electron chi connectivity index (χ4n) is 2.87. The van der Waals surface area contributed by atoms with Gasteiger partial charge in [-0.2, -0.15) is 5.10 Å². The second-order valence-electron chi connectivity index (χ2n) is 6.22. The smallest absolute Gasteiger partial charge is 0.261 e. The van der Waals surface area contributed by atoms with Crippen molar-refractivity contribution in [1.82, 2.24) is 14.8 Å². The van der Waals surface area contributed by atoms with E-state index in [1.807, 2.05) is 68.4 Å². The minimum absolute atomic E-state index is 0.218. The molecule has 27 heavy (non-hydrogen) atoms. The maximum Gasteiger partial charge on any atom is 0.261 e. The second kappa shape index (κ2) is 7.17. The average molecular weight is 374 g/mol. The first-order valence-electron chi connectivity index (χ1n) is 8.56. The molecule has 1 amide bonds. The first-order chi connectivity index (χ1) is 13.1. The van der Waals surface area contributed by atoms with Gasteiger partial charge in [0.15, 0.2) is 5.13 Å². The van der Waals surface area contributed by atoms with E-state index in [9.17, 15) is 4.79 Å². The van der Waals surface area contributed by atoms with Crippen molar-refractivity contribution in [3.05, 3.63) is 83.0 Å². The molecule has 0 atom stereocenters. The first kappa shape index (κ1) is 17.2.